The molecule has 0 fully saturated rings. The summed E-state index contributed by atoms with van der Waals surface area (Å²) in [7, 11) is 0. The predicted octanol–water partition coefficient (Wildman–Crippen LogP) is 2.23. The molecule has 2 aromatic heterocycles. The fraction of sp³-hybridized carbons (Fsp3) is 0.231. The van der Waals surface area contributed by atoms with E-state index in [4.69, 9.17) is 5.84 Å². The minimum Gasteiger partial charge on any atom is -0.334 e. The highest BCUT2D eigenvalue weighted by Gasteiger charge is 2.20. The van der Waals surface area contributed by atoms with E-state index in [0.717, 1.165) is 4.88 Å². The van der Waals surface area contributed by atoms with Gasteiger partial charge in [-0.2, -0.15) is 0 Å². The SMILES string of the molecule is CCN(Cc1cccs1)C(=O)c1ccnc(NN)c1F. The quantitative estimate of drug-likeness (QED) is 0.655. The molecule has 2 rings (SSSR count). The van der Waals surface area contributed by atoms with Crippen molar-refractivity contribution in [2.24, 2.45) is 5.84 Å². The van der Waals surface area contributed by atoms with Gasteiger partial charge in [0.25, 0.3) is 5.91 Å². The van der Waals surface area contributed by atoms with Crippen LogP contribution in [-0.4, -0.2) is 22.3 Å². The summed E-state index contributed by atoms with van der Waals surface area (Å²) < 4.78 is 14.0. The van der Waals surface area contributed by atoms with Crippen LogP contribution < -0.4 is 11.3 Å². The van der Waals surface area contributed by atoms with E-state index in [1.54, 1.807) is 16.2 Å². The summed E-state index contributed by atoms with van der Waals surface area (Å²) in [6.45, 7) is 2.80. The van der Waals surface area contributed by atoms with Crippen molar-refractivity contribution in [1.29, 1.82) is 0 Å². The Bertz CT molecular complexity index is 588. The lowest BCUT2D eigenvalue weighted by Gasteiger charge is -2.20. The van der Waals surface area contributed by atoms with E-state index in [1.165, 1.54) is 12.3 Å². The maximum Gasteiger partial charge on any atom is 0.257 e. The van der Waals surface area contributed by atoms with Crippen LogP contribution in [0.4, 0.5) is 10.2 Å². The van der Waals surface area contributed by atoms with Gasteiger partial charge in [0.05, 0.1) is 12.1 Å². The third kappa shape index (κ3) is 2.94. The zero-order valence-corrected chi connectivity index (χ0v) is 11.8. The maximum absolute atomic E-state index is 14.0. The van der Waals surface area contributed by atoms with E-state index in [0.29, 0.717) is 13.1 Å². The number of nitrogens with two attached hydrogens (primary N) is 1. The first-order valence-electron chi connectivity index (χ1n) is 6.10. The molecule has 0 aliphatic carbocycles. The first kappa shape index (κ1) is 14.4. The fourth-order valence-electron chi connectivity index (χ4n) is 1.80. The lowest BCUT2D eigenvalue weighted by molar-refractivity contribution is 0.0749. The molecule has 0 spiro atoms. The maximum atomic E-state index is 14.0. The van der Waals surface area contributed by atoms with Gasteiger partial charge in [-0.05, 0) is 24.4 Å². The molecular formula is C13H15FN4OS. The van der Waals surface area contributed by atoms with Gasteiger partial charge in [0, 0.05) is 17.6 Å². The molecule has 0 atom stereocenters. The number of thiophene rings is 1. The molecule has 0 radical (unpaired) electrons. The Morgan fingerprint density at radius 1 is 1.55 bits per heavy atom. The van der Waals surface area contributed by atoms with E-state index in [2.05, 4.69) is 10.4 Å². The van der Waals surface area contributed by atoms with Crippen LogP contribution in [0.15, 0.2) is 29.8 Å². The van der Waals surface area contributed by atoms with Crippen LogP contribution in [0.3, 0.4) is 0 Å². The topological polar surface area (TPSA) is 71.2 Å². The Morgan fingerprint density at radius 3 is 2.95 bits per heavy atom. The monoisotopic (exact) mass is 294 g/mol. The molecule has 7 heteroatoms. The van der Waals surface area contributed by atoms with Gasteiger partial charge in [-0.25, -0.2) is 15.2 Å². The predicted molar refractivity (Wildman–Crippen MR) is 76.7 cm³/mol. The molecule has 2 heterocycles. The number of halogens is 1. The number of rotatable bonds is 5. The van der Waals surface area contributed by atoms with Crippen molar-refractivity contribution in [3.8, 4) is 0 Å². The zero-order chi connectivity index (χ0) is 14.5. The summed E-state index contributed by atoms with van der Waals surface area (Å²) in [5.41, 5.74) is 2.10. The molecule has 0 bridgehead atoms. The molecule has 5 nitrogen and oxygen atoms in total. The molecule has 20 heavy (non-hydrogen) atoms. The third-order valence-electron chi connectivity index (χ3n) is 2.85. The smallest absolute Gasteiger partial charge is 0.257 e. The fourth-order valence-corrected chi connectivity index (χ4v) is 2.52. The van der Waals surface area contributed by atoms with Crippen molar-refractivity contribution in [3.63, 3.8) is 0 Å². The number of hydrogen-bond acceptors (Lipinski definition) is 5. The number of anilines is 1. The summed E-state index contributed by atoms with van der Waals surface area (Å²) in [5.74, 6) is 3.92. The standard InChI is InChI=1S/C13H15FN4OS/c1-2-18(8-9-4-3-7-20-9)13(19)10-5-6-16-12(17-15)11(10)14/h3-7H,2,8,15H2,1H3,(H,16,17). The van der Waals surface area contributed by atoms with Gasteiger partial charge in [-0.1, -0.05) is 6.07 Å². The van der Waals surface area contributed by atoms with Gasteiger partial charge in [-0.15, -0.1) is 11.3 Å². The van der Waals surface area contributed by atoms with Crippen molar-refractivity contribution in [2.45, 2.75) is 13.5 Å². The highest BCUT2D eigenvalue weighted by Crippen LogP contribution is 2.18. The Labute approximate surface area is 120 Å². The minimum absolute atomic E-state index is 0.0358. The molecule has 1 amide bonds. The van der Waals surface area contributed by atoms with E-state index >= 15 is 0 Å². The van der Waals surface area contributed by atoms with Crippen molar-refractivity contribution in [2.75, 3.05) is 12.0 Å². The average molecular weight is 294 g/mol. The van der Waals surface area contributed by atoms with Crippen molar-refractivity contribution >= 4 is 23.1 Å². The van der Waals surface area contributed by atoms with Gasteiger partial charge in [0.1, 0.15) is 0 Å². The molecule has 106 valence electrons. The number of nitrogens with zero attached hydrogens (tertiary/aromatic N) is 2. The van der Waals surface area contributed by atoms with Gasteiger partial charge in [0.15, 0.2) is 11.6 Å². The molecule has 0 unspecified atom stereocenters. The number of carbonyl (C=O) groups is 1. The number of hydrogen-bond donors (Lipinski definition) is 2. The van der Waals surface area contributed by atoms with Gasteiger partial charge < -0.3 is 10.3 Å². The summed E-state index contributed by atoms with van der Waals surface area (Å²) in [6.07, 6.45) is 1.35. The molecule has 0 saturated heterocycles. The zero-order valence-electron chi connectivity index (χ0n) is 11.0. The number of aromatic nitrogens is 1. The number of nitrogen functional groups attached to an aromatic ring is 1. The van der Waals surface area contributed by atoms with Crippen LogP contribution in [0.1, 0.15) is 22.2 Å². The Morgan fingerprint density at radius 2 is 2.35 bits per heavy atom. The van der Waals surface area contributed by atoms with E-state index in [9.17, 15) is 9.18 Å². The molecule has 0 saturated carbocycles. The lowest BCUT2D eigenvalue weighted by atomic mass is 10.2. The summed E-state index contributed by atoms with van der Waals surface area (Å²) in [4.78, 5) is 18.7. The largest absolute Gasteiger partial charge is 0.334 e. The number of carbonyl (C=O) groups excluding carboxylic acids is 1. The highest BCUT2D eigenvalue weighted by atomic mass is 32.1. The van der Waals surface area contributed by atoms with Crippen LogP contribution in [-0.2, 0) is 6.54 Å². The number of amides is 1. The van der Waals surface area contributed by atoms with Gasteiger partial charge in [-0.3, -0.25) is 4.79 Å². The van der Waals surface area contributed by atoms with E-state index in [-0.39, 0.29) is 17.3 Å². The number of hydrazine groups is 1. The molecule has 0 aliphatic heterocycles. The Hall–Kier alpha value is -1.99. The summed E-state index contributed by atoms with van der Waals surface area (Å²) >= 11 is 1.56. The molecule has 2 aromatic rings. The van der Waals surface area contributed by atoms with Crippen LogP contribution in [0, 0.1) is 5.82 Å². The van der Waals surface area contributed by atoms with Crippen LogP contribution in [0.25, 0.3) is 0 Å². The van der Waals surface area contributed by atoms with Crippen molar-refractivity contribution in [3.05, 3.63) is 46.0 Å². The first-order chi connectivity index (χ1) is 9.67. The average Bonchev–Trinajstić information content (AvgIpc) is 2.97. The second-order valence-corrected chi connectivity index (χ2v) is 5.10. The van der Waals surface area contributed by atoms with Crippen LogP contribution in [0.5, 0.6) is 0 Å². The molecular weight excluding hydrogens is 279 g/mol. The molecule has 0 aromatic carbocycles. The summed E-state index contributed by atoms with van der Waals surface area (Å²) in [5, 5.41) is 1.94. The van der Waals surface area contributed by atoms with Crippen LogP contribution >= 0.6 is 11.3 Å². The van der Waals surface area contributed by atoms with Crippen LogP contribution in [0.2, 0.25) is 0 Å². The number of pyridine rings is 1. The number of nitrogens with one attached hydrogen (secondary N) is 1. The van der Waals surface area contributed by atoms with E-state index < -0.39 is 5.82 Å². The Balaban J connectivity index is 2.24. The first-order valence-corrected chi connectivity index (χ1v) is 6.98. The Kier molecular flexibility index (Phi) is 4.65. The molecule has 3 N–H and O–H groups in total. The molecule has 0 aliphatic rings. The third-order valence-corrected chi connectivity index (χ3v) is 3.71. The van der Waals surface area contributed by atoms with Gasteiger partial charge in [0.2, 0.25) is 0 Å². The highest BCUT2D eigenvalue weighted by molar-refractivity contribution is 7.09. The second kappa shape index (κ2) is 6.44. The lowest BCUT2D eigenvalue weighted by Crippen LogP contribution is -2.31. The minimum atomic E-state index is -0.732. The second-order valence-electron chi connectivity index (χ2n) is 4.06. The van der Waals surface area contributed by atoms with Crippen molar-refractivity contribution in [1.82, 2.24) is 9.88 Å². The normalized spacial score (nSPS) is 10.3. The van der Waals surface area contributed by atoms with Crippen molar-refractivity contribution < 1.29 is 9.18 Å². The van der Waals surface area contributed by atoms with Gasteiger partial charge >= 0.3 is 0 Å². The summed E-state index contributed by atoms with van der Waals surface area (Å²) in [6, 6.07) is 5.22. The van der Waals surface area contributed by atoms with E-state index in [1.807, 2.05) is 24.4 Å².